The molecule has 1 aliphatic carbocycles. The van der Waals surface area contributed by atoms with E-state index >= 15 is 0 Å². The topological polar surface area (TPSA) is 47.3 Å². The highest BCUT2D eigenvalue weighted by molar-refractivity contribution is 5.36. The first-order chi connectivity index (χ1) is 9.83. The van der Waals surface area contributed by atoms with E-state index in [0.717, 1.165) is 18.7 Å². The van der Waals surface area contributed by atoms with Gasteiger partial charge >= 0.3 is 0 Å². The molecule has 0 radical (unpaired) electrons. The highest BCUT2D eigenvalue weighted by Gasteiger charge is 2.28. The lowest BCUT2D eigenvalue weighted by atomic mass is 10.1. The van der Waals surface area contributed by atoms with Gasteiger partial charge in [-0.1, -0.05) is 24.0 Å². The van der Waals surface area contributed by atoms with Crippen molar-refractivity contribution in [1.29, 1.82) is 5.26 Å². The maximum atomic E-state index is 8.71. The van der Waals surface area contributed by atoms with Gasteiger partial charge in [0.25, 0.3) is 0 Å². The lowest BCUT2D eigenvalue weighted by Gasteiger charge is -2.20. The fourth-order valence-electron chi connectivity index (χ4n) is 2.17. The smallest absolute Gasteiger partial charge is 0.0635 e. The van der Waals surface area contributed by atoms with Crippen LogP contribution < -0.4 is 0 Å². The van der Waals surface area contributed by atoms with Crippen LogP contribution in [-0.4, -0.2) is 29.2 Å². The fourth-order valence-corrected chi connectivity index (χ4v) is 2.17. The summed E-state index contributed by atoms with van der Waals surface area (Å²) >= 11 is 0. The summed E-state index contributed by atoms with van der Waals surface area (Å²) in [5.41, 5.74) is 2.25. The molecule has 1 N–H and O–H groups in total. The third kappa shape index (κ3) is 4.70. The third-order valence-electron chi connectivity index (χ3n) is 3.38. The van der Waals surface area contributed by atoms with Crippen LogP contribution in [0, 0.1) is 23.2 Å². The van der Waals surface area contributed by atoms with E-state index in [4.69, 9.17) is 10.4 Å². The van der Waals surface area contributed by atoms with Crippen LogP contribution in [0.5, 0.6) is 0 Å². The fraction of sp³-hybridized carbons (Fsp3) is 0.471. The molecule has 2 rings (SSSR count). The van der Waals surface area contributed by atoms with Crippen LogP contribution >= 0.6 is 0 Å². The van der Waals surface area contributed by atoms with Crippen LogP contribution in [0.2, 0.25) is 0 Å². The Labute approximate surface area is 120 Å². The van der Waals surface area contributed by atoms with Crippen molar-refractivity contribution in [3.63, 3.8) is 0 Å². The zero-order valence-electron chi connectivity index (χ0n) is 11.7. The van der Waals surface area contributed by atoms with Crippen molar-refractivity contribution in [2.75, 3.05) is 13.2 Å². The van der Waals surface area contributed by atoms with E-state index in [0.29, 0.717) is 18.9 Å². The van der Waals surface area contributed by atoms with Crippen molar-refractivity contribution in [2.24, 2.45) is 0 Å². The Morgan fingerprint density at radius 1 is 1.20 bits per heavy atom. The standard InChI is InChI=1S/C17H20N2O/c18-11-3-12-19(17-9-10-17)14-16-7-5-15(6-8-16)4-1-2-13-20/h5-8,17,20H,2-3,9-10,12-14H2. The number of hydrogen-bond donors (Lipinski definition) is 1. The Morgan fingerprint density at radius 2 is 1.95 bits per heavy atom. The van der Waals surface area contributed by atoms with Crippen LogP contribution in [0.4, 0.5) is 0 Å². The molecular formula is C17H20N2O. The Bertz CT molecular complexity index is 515. The molecular weight excluding hydrogens is 248 g/mol. The Kier molecular flexibility index (Phi) is 5.62. The number of hydrogen-bond acceptors (Lipinski definition) is 3. The van der Waals surface area contributed by atoms with Crippen LogP contribution in [0.3, 0.4) is 0 Å². The molecule has 1 aromatic rings. The largest absolute Gasteiger partial charge is 0.395 e. The number of nitrogens with zero attached hydrogens (tertiary/aromatic N) is 2. The molecule has 0 bridgehead atoms. The molecule has 1 aromatic carbocycles. The van der Waals surface area contributed by atoms with E-state index in [2.05, 4.69) is 34.9 Å². The monoisotopic (exact) mass is 268 g/mol. The minimum atomic E-state index is 0.111. The van der Waals surface area contributed by atoms with Gasteiger partial charge < -0.3 is 5.11 Å². The number of rotatable bonds is 6. The van der Waals surface area contributed by atoms with E-state index in [1.165, 1.54) is 18.4 Å². The molecule has 0 aromatic heterocycles. The van der Waals surface area contributed by atoms with Gasteiger partial charge in [-0.2, -0.15) is 5.26 Å². The summed E-state index contributed by atoms with van der Waals surface area (Å²) in [7, 11) is 0. The molecule has 0 aliphatic heterocycles. The molecule has 1 saturated carbocycles. The quantitative estimate of drug-likeness (QED) is 0.805. The molecule has 0 amide bonds. The predicted molar refractivity (Wildman–Crippen MR) is 78.7 cm³/mol. The van der Waals surface area contributed by atoms with Gasteiger partial charge in [-0.3, -0.25) is 4.90 Å². The molecule has 0 saturated heterocycles. The number of aliphatic hydroxyl groups excluding tert-OH is 1. The van der Waals surface area contributed by atoms with Gasteiger partial charge in [0, 0.05) is 37.5 Å². The van der Waals surface area contributed by atoms with Gasteiger partial charge in [0.2, 0.25) is 0 Å². The normalized spacial score (nSPS) is 13.7. The average molecular weight is 268 g/mol. The van der Waals surface area contributed by atoms with Crippen LogP contribution in [0.25, 0.3) is 0 Å². The van der Waals surface area contributed by atoms with Crippen molar-refractivity contribution in [3.8, 4) is 17.9 Å². The molecule has 0 unspecified atom stereocenters. The first-order valence-corrected chi connectivity index (χ1v) is 7.13. The summed E-state index contributed by atoms with van der Waals surface area (Å²) in [4.78, 5) is 2.40. The highest BCUT2D eigenvalue weighted by atomic mass is 16.2. The van der Waals surface area contributed by atoms with Crippen molar-refractivity contribution in [1.82, 2.24) is 4.90 Å². The van der Waals surface area contributed by atoms with Crippen LogP contribution in [-0.2, 0) is 6.54 Å². The van der Waals surface area contributed by atoms with Gasteiger partial charge in [-0.15, -0.1) is 0 Å². The summed E-state index contributed by atoms with van der Waals surface area (Å²) in [6.45, 7) is 1.89. The van der Waals surface area contributed by atoms with E-state index in [1.807, 2.05) is 12.1 Å². The van der Waals surface area contributed by atoms with Gasteiger partial charge in [-0.25, -0.2) is 0 Å². The summed E-state index contributed by atoms with van der Waals surface area (Å²) in [6, 6.07) is 11.1. The minimum absolute atomic E-state index is 0.111. The number of aliphatic hydroxyl groups is 1. The molecule has 1 aliphatic rings. The molecule has 3 nitrogen and oxygen atoms in total. The van der Waals surface area contributed by atoms with Gasteiger partial charge in [0.05, 0.1) is 12.7 Å². The lowest BCUT2D eigenvalue weighted by Crippen LogP contribution is -2.26. The summed E-state index contributed by atoms with van der Waals surface area (Å²) in [5, 5.41) is 17.4. The molecule has 20 heavy (non-hydrogen) atoms. The Balaban J connectivity index is 1.92. The zero-order chi connectivity index (χ0) is 14.2. The van der Waals surface area contributed by atoms with Crippen molar-refractivity contribution >= 4 is 0 Å². The van der Waals surface area contributed by atoms with E-state index < -0.39 is 0 Å². The van der Waals surface area contributed by atoms with Gasteiger partial charge in [0.15, 0.2) is 0 Å². The molecule has 0 spiro atoms. The number of nitriles is 1. The summed E-state index contributed by atoms with van der Waals surface area (Å²) in [5.74, 6) is 5.95. The summed E-state index contributed by atoms with van der Waals surface area (Å²) < 4.78 is 0. The van der Waals surface area contributed by atoms with E-state index in [9.17, 15) is 0 Å². The number of benzene rings is 1. The van der Waals surface area contributed by atoms with Gasteiger partial charge in [-0.05, 0) is 30.5 Å². The molecule has 0 atom stereocenters. The molecule has 1 fully saturated rings. The lowest BCUT2D eigenvalue weighted by molar-refractivity contribution is 0.261. The van der Waals surface area contributed by atoms with Crippen LogP contribution in [0.1, 0.15) is 36.8 Å². The van der Waals surface area contributed by atoms with Crippen molar-refractivity contribution in [3.05, 3.63) is 35.4 Å². The summed E-state index contributed by atoms with van der Waals surface area (Å²) in [6.07, 6.45) is 3.64. The first-order valence-electron chi connectivity index (χ1n) is 7.13. The van der Waals surface area contributed by atoms with Crippen LogP contribution in [0.15, 0.2) is 24.3 Å². The molecule has 104 valence electrons. The van der Waals surface area contributed by atoms with E-state index in [-0.39, 0.29) is 6.61 Å². The minimum Gasteiger partial charge on any atom is -0.395 e. The Morgan fingerprint density at radius 3 is 2.55 bits per heavy atom. The van der Waals surface area contributed by atoms with E-state index in [1.54, 1.807) is 0 Å². The second-order valence-corrected chi connectivity index (χ2v) is 5.08. The SMILES string of the molecule is N#CCCN(Cc1ccc(C#CCCO)cc1)C1CC1. The van der Waals surface area contributed by atoms with Crippen molar-refractivity contribution in [2.45, 2.75) is 38.3 Å². The maximum absolute atomic E-state index is 8.71. The zero-order valence-corrected chi connectivity index (χ0v) is 11.7. The van der Waals surface area contributed by atoms with Crippen molar-refractivity contribution < 1.29 is 5.11 Å². The molecule has 0 heterocycles. The first kappa shape index (κ1) is 14.6. The predicted octanol–water partition coefficient (Wildman–Crippen LogP) is 2.30. The highest BCUT2D eigenvalue weighted by Crippen LogP contribution is 2.28. The average Bonchev–Trinajstić information content (AvgIpc) is 3.30. The third-order valence-corrected chi connectivity index (χ3v) is 3.38. The second-order valence-electron chi connectivity index (χ2n) is 5.08. The second kappa shape index (κ2) is 7.70. The maximum Gasteiger partial charge on any atom is 0.0635 e. The molecule has 3 heteroatoms. The Hall–Kier alpha value is -1.81. The van der Waals surface area contributed by atoms with Gasteiger partial charge in [0.1, 0.15) is 0 Å².